The monoisotopic (exact) mass is 304 g/mol. The Kier molecular flexibility index (Phi) is 4.37. The third-order valence-corrected chi connectivity index (χ3v) is 4.97. The highest BCUT2D eigenvalue weighted by Crippen LogP contribution is 2.23. The molecule has 110 valence electrons. The average Bonchev–Trinajstić information content (AvgIpc) is 2.49. The highest BCUT2D eigenvalue weighted by Gasteiger charge is 2.24. The average molecular weight is 304 g/mol. The molecule has 1 heterocycles. The summed E-state index contributed by atoms with van der Waals surface area (Å²) in [5, 5.41) is 0. The molecule has 0 aliphatic carbocycles. The van der Waals surface area contributed by atoms with Crippen molar-refractivity contribution in [2.24, 2.45) is 0 Å². The van der Waals surface area contributed by atoms with Gasteiger partial charge in [0.25, 0.3) is 10.0 Å². The highest BCUT2D eigenvalue weighted by molar-refractivity contribution is 7.92. The first-order valence-electron chi connectivity index (χ1n) is 6.50. The maximum absolute atomic E-state index is 12.7. The highest BCUT2D eigenvalue weighted by atomic mass is 32.2. The van der Waals surface area contributed by atoms with E-state index < -0.39 is 10.0 Å². The largest absolute Gasteiger partial charge is 0.295 e. The van der Waals surface area contributed by atoms with Crippen molar-refractivity contribution in [1.82, 2.24) is 4.98 Å². The Morgan fingerprint density at radius 3 is 2.43 bits per heavy atom. The van der Waals surface area contributed by atoms with E-state index >= 15 is 0 Å². The number of aromatic nitrogens is 1. The van der Waals surface area contributed by atoms with Crippen LogP contribution in [0.1, 0.15) is 24.2 Å². The number of hydrogen-bond acceptors (Lipinski definition) is 4. The van der Waals surface area contributed by atoms with Crippen LogP contribution in [0.5, 0.6) is 0 Å². The predicted molar refractivity (Wildman–Crippen MR) is 80.9 cm³/mol. The second kappa shape index (κ2) is 6.05. The van der Waals surface area contributed by atoms with Gasteiger partial charge in [-0.3, -0.25) is 14.1 Å². The van der Waals surface area contributed by atoms with E-state index in [4.69, 9.17) is 0 Å². The molecule has 0 saturated carbocycles. The van der Waals surface area contributed by atoms with Gasteiger partial charge in [-0.05, 0) is 38.1 Å². The standard InChI is InChI=1S/C15H16N2O3S/c1-3-17(14-7-9-16-10-8-14)21(19,20)15-6-4-5-13(11-15)12(2)18/h4-11H,3H2,1-2H3. The first-order chi connectivity index (χ1) is 9.96. The van der Waals surface area contributed by atoms with Gasteiger partial charge < -0.3 is 0 Å². The molecule has 0 atom stereocenters. The third kappa shape index (κ3) is 3.11. The molecule has 5 nitrogen and oxygen atoms in total. The maximum Gasteiger partial charge on any atom is 0.264 e. The lowest BCUT2D eigenvalue weighted by molar-refractivity contribution is 0.101. The normalized spacial score (nSPS) is 11.1. The number of Topliss-reactive ketones (excluding diaryl/α,β-unsaturated/α-hetero) is 1. The molecule has 0 fully saturated rings. The van der Waals surface area contributed by atoms with Gasteiger partial charge in [0.05, 0.1) is 10.6 Å². The fourth-order valence-corrected chi connectivity index (χ4v) is 3.52. The lowest BCUT2D eigenvalue weighted by Gasteiger charge is -2.22. The van der Waals surface area contributed by atoms with Crippen molar-refractivity contribution in [3.8, 4) is 0 Å². The van der Waals surface area contributed by atoms with Gasteiger partial charge in [0.2, 0.25) is 0 Å². The Balaban J connectivity index is 2.50. The van der Waals surface area contributed by atoms with Crippen LogP contribution in [0.2, 0.25) is 0 Å². The molecular weight excluding hydrogens is 288 g/mol. The quantitative estimate of drug-likeness (QED) is 0.796. The molecular formula is C15H16N2O3S. The molecule has 21 heavy (non-hydrogen) atoms. The number of nitrogens with zero attached hydrogens (tertiary/aromatic N) is 2. The van der Waals surface area contributed by atoms with E-state index in [1.54, 1.807) is 43.6 Å². The number of rotatable bonds is 5. The van der Waals surface area contributed by atoms with Crippen LogP contribution in [-0.2, 0) is 10.0 Å². The zero-order valence-corrected chi connectivity index (χ0v) is 12.7. The Hall–Kier alpha value is -2.21. The first kappa shape index (κ1) is 15.2. The molecule has 0 radical (unpaired) electrons. The van der Waals surface area contributed by atoms with Gasteiger partial charge >= 0.3 is 0 Å². The molecule has 0 aliphatic rings. The molecule has 2 aromatic rings. The van der Waals surface area contributed by atoms with E-state index in [0.717, 1.165) is 0 Å². The van der Waals surface area contributed by atoms with E-state index in [0.29, 0.717) is 11.3 Å². The summed E-state index contributed by atoms with van der Waals surface area (Å²) in [5.41, 5.74) is 0.919. The van der Waals surface area contributed by atoms with Crippen molar-refractivity contribution in [3.63, 3.8) is 0 Å². The summed E-state index contributed by atoms with van der Waals surface area (Å²) < 4.78 is 26.8. The molecule has 0 unspecified atom stereocenters. The minimum Gasteiger partial charge on any atom is -0.295 e. The van der Waals surface area contributed by atoms with Crippen LogP contribution in [0.15, 0.2) is 53.7 Å². The van der Waals surface area contributed by atoms with Gasteiger partial charge in [0, 0.05) is 24.5 Å². The minimum atomic E-state index is -3.71. The Labute approximate surface area is 124 Å². The van der Waals surface area contributed by atoms with Gasteiger partial charge in [-0.1, -0.05) is 12.1 Å². The molecule has 1 aromatic heterocycles. The first-order valence-corrected chi connectivity index (χ1v) is 7.94. The summed E-state index contributed by atoms with van der Waals surface area (Å²) in [6.07, 6.45) is 3.08. The van der Waals surface area contributed by atoms with E-state index in [9.17, 15) is 13.2 Å². The third-order valence-electron chi connectivity index (χ3n) is 3.07. The summed E-state index contributed by atoms with van der Waals surface area (Å²) in [7, 11) is -3.71. The molecule has 0 saturated heterocycles. The van der Waals surface area contributed by atoms with E-state index in [-0.39, 0.29) is 17.2 Å². The minimum absolute atomic E-state index is 0.105. The number of benzene rings is 1. The topological polar surface area (TPSA) is 67.3 Å². The fraction of sp³-hybridized carbons (Fsp3) is 0.200. The Bertz CT molecular complexity index is 743. The van der Waals surface area contributed by atoms with Crippen molar-refractivity contribution >= 4 is 21.5 Å². The number of sulfonamides is 1. The molecule has 0 N–H and O–H groups in total. The lowest BCUT2D eigenvalue weighted by atomic mass is 10.2. The summed E-state index contributed by atoms with van der Waals surface area (Å²) in [5.74, 6) is -0.168. The summed E-state index contributed by atoms with van der Waals surface area (Å²) in [6.45, 7) is 3.45. The summed E-state index contributed by atoms with van der Waals surface area (Å²) in [6, 6.07) is 9.34. The van der Waals surface area contributed by atoms with Crippen LogP contribution in [0.25, 0.3) is 0 Å². The SMILES string of the molecule is CCN(c1ccncc1)S(=O)(=O)c1cccc(C(C)=O)c1. The van der Waals surface area contributed by atoms with Crippen LogP contribution in [0.4, 0.5) is 5.69 Å². The smallest absolute Gasteiger partial charge is 0.264 e. The van der Waals surface area contributed by atoms with E-state index in [2.05, 4.69) is 4.98 Å². The van der Waals surface area contributed by atoms with Crippen molar-refractivity contribution in [2.75, 3.05) is 10.8 Å². The molecule has 0 amide bonds. The molecule has 0 spiro atoms. The van der Waals surface area contributed by atoms with Crippen LogP contribution >= 0.6 is 0 Å². The molecule has 6 heteroatoms. The zero-order chi connectivity index (χ0) is 15.5. The van der Waals surface area contributed by atoms with Gasteiger partial charge in [-0.15, -0.1) is 0 Å². The maximum atomic E-state index is 12.7. The Morgan fingerprint density at radius 1 is 1.19 bits per heavy atom. The van der Waals surface area contributed by atoms with Gasteiger partial charge in [-0.25, -0.2) is 8.42 Å². The second-order valence-corrected chi connectivity index (χ2v) is 6.32. The fourth-order valence-electron chi connectivity index (χ4n) is 2.00. The van der Waals surface area contributed by atoms with Gasteiger partial charge in [0.1, 0.15) is 0 Å². The molecule has 2 rings (SSSR count). The Morgan fingerprint density at radius 2 is 1.86 bits per heavy atom. The lowest BCUT2D eigenvalue weighted by Crippen LogP contribution is -2.30. The van der Waals surface area contributed by atoms with Crippen molar-refractivity contribution in [2.45, 2.75) is 18.7 Å². The molecule has 0 bridgehead atoms. The van der Waals surface area contributed by atoms with Crippen LogP contribution in [-0.4, -0.2) is 25.7 Å². The number of carbonyl (C=O) groups is 1. The van der Waals surface area contributed by atoms with Crippen molar-refractivity contribution < 1.29 is 13.2 Å². The van der Waals surface area contributed by atoms with E-state index in [1.807, 2.05) is 0 Å². The van der Waals surface area contributed by atoms with Gasteiger partial charge in [0.15, 0.2) is 5.78 Å². The second-order valence-electron chi connectivity index (χ2n) is 4.46. The van der Waals surface area contributed by atoms with Crippen LogP contribution < -0.4 is 4.31 Å². The van der Waals surface area contributed by atoms with Crippen molar-refractivity contribution in [3.05, 3.63) is 54.4 Å². The van der Waals surface area contributed by atoms with Crippen LogP contribution in [0.3, 0.4) is 0 Å². The summed E-state index contributed by atoms with van der Waals surface area (Å²) >= 11 is 0. The van der Waals surface area contributed by atoms with E-state index in [1.165, 1.54) is 23.4 Å². The number of hydrogen-bond donors (Lipinski definition) is 0. The van der Waals surface area contributed by atoms with Crippen LogP contribution in [0, 0.1) is 0 Å². The number of pyridine rings is 1. The predicted octanol–water partition coefficient (Wildman–Crippen LogP) is 2.50. The zero-order valence-electron chi connectivity index (χ0n) is 11.9. The van der Waals surface area contributed by atoms with Crippen molar-refractivity contribution in [1.29, 1.82) is 0 Å². The number of anilines is 1. The molecule has 1 aromatic carbocycles. The number of carbonyl (C=O) groups excluding carboxylic acids is 1. The molecule has 0 aliphatic heterocycles. The summed E-state index contributed by atoms with van der Waals surface area (Å²) in [4.78, 5) is 15.4. The number of ketones is 1. The van der Waals surface area contributed by atoms with Gasteiger partial charge in [-0.2, -0.15) is 0 Å².